The van der Waals surface area contributed by atoms with Crippen molar-refractivity contribution >= 4 is 46.0 Å². The van der Waals surface area contributed by atoms with Gasteiger partial charge in [-0.3, -0.25) is 14.9 Å². The van der Waals surface area contributed by atoms with Gasteiger partial charge in [-0.25, -0.2) is 4.98 Å². The van der Waals surface area contributed by atoms with Crippen molar-refractivity contribution in [1.82, 2.24) is 4.98 Å². The quantitative estimate of drug-likeness (QED) is 0.441. The number of carbonyl (C=O) groups excluding carboxylic acids is 2. The second-order valence-electron chi connectivity index (χ2n) is 5.75. The van der Waals surface area contributed by atoms with E-state index >= 15 is 0 Å². The van der Waals surface area contributed by atoms with Crippen LogP contribution >= 0.6 is 22.9 Å². The molecular weight excluding hydrogens is 400 g/mol. The summed E-state index contributed by atoms with van der Waals surface area (Å²) in [7, 11) is 1.35. The molecule has 0 saturated carbocycles. The third-order valence-corrected chi connectivity index (χ3v) is 4.77. The highest BCUT2D eigenvalue weighted by Crippen LogP contribution is 2.26. The van der Waals surface area contributed by atoms with Gasteiger partial charge in [-0.1, -0.05) is 23.7 Å². The number of hydrogen-bond donors (Lipinski definition) is 1. The number of aryl methyl sites for hydroxylation is 1. The zero-order valence-corrected chi connectivity index (χ0v) is 16.5. The monoisotopic (exact) mass is 416 g/mol. The van der Waals surface area contributed by atoms with E-state index in [0.29, 0.717) is 28.1 Å². The van der Waals surface area contributed by atoms with E-state index in [4.69, 9.17) is 16.0 Å². The van der Waals surface area contributed by atoms with Crippen molar-refractivity contribution in [2.24, 2.45) is 0 Å². The molecule has 1 amide bonds. The van der Waals surface area contributed by atoms with Gasteiger partial charge in [0, 0.05) is 28.5 Å². The van der Waals surface area contributed by atoms with Crippen molar-refractivity contribution in [3.05, 3.63) is 64.4 Å². The van der Waals surface area contributed by atoms with Gasteiger partial charge in [0.15, 0.2) is 5.13 Å². The normalized spacial score (nSPS) is 10.9. The third-order valence-electron chi connectivity index (χ3n) is 3.76. The minimum atomic E-state index is -0.315. The first-order chi connectivity index (χ1) is 13.5. The van der Waals surface area contributed by atoms with Crippen LogP contribution in [0.5, 0.6) is 0 Å². The predicted molar refractivity (Wildman–Crippen MR) is 109 cm³/mol. The van der Waals surface area contributed by atoms with E-state index in [1.165, 1.54) is 24.5 Å². The zero-order valence-electron chi connectivity index (χ0n) is 15.0. The molecule has 0 spiro atoms. The summed E-state index contributed by atoms with van der Waals surface area (Å²) >= 11 is 7.22. The molecule has 3 rings (SSSR count). The summed E-state index contributed by atoms with van der Waals surface area (Å²) in [6.45, 7) is 0. The van der Waals surface area contributed by atoms with Crippen LogP contribution in [0.3, 0.4) is 0 Å². The number of hydrogen-bond acceptors (Lipinski definition) is 6. The van der Waals surface area contributed by atoms with E-state index in [1.54, 1.807) is 30.3 Å². The standard InChI is InChI=1S/C20H17ClN2O4S/c1-26-19(25)11-9-16-7-6-15(27-16)8-10-18(24)23-20-22-17(12-28-20)13-2-4-14(21)5-3-13/h2-8,10,12H,9,11H2,1H3,(H,22,23,24)/b10-8+. The van der Waals surface area contributed by atoms with Crippen molar-refractivity contribution in [1.29, 1.82) is 0 Å². The summed E-state index contributed by atoms with van der Waals surface area (Å²) in [5.74, 6) is 0.563. The number of nitrogens with one attached hydrogen (secondary N) is 1. The first-order valence-corrected chi connectivity index (χ1v) is 9.65. The Balaban J connectivity index is 1.55. The smallest absolute Gasteiger partial charge is 0.305 e. The van der Waals surface area contributed by atoms with E-state index < -0.39 is 0 Å². The van der Waals surface area contributed by atoms with Crippen LogP contribution in [0.1, 0.15) is 17.9 Å². The highest BCUT2D eigenvalue weighted by atomic mass is 35.5. The number of furan rings is 1. The number of thiazole rings is 1. The van der Waals surface area contributed by atoms with Gasteiger partial charge in [0.2, 0.25) is 5.91 Å². The number of anilines is 1. The molecule has 0 aliphatic carbocycles. The van der Waals surface area contributed by atoms with Gasteiger partial charge in [0.1, 0.15) is 11.5 Å². The number of amides is 1. The maximum atomic E-state index is 12.1. The Bertz CT molecular complexity index is 992. The summed E-state index contributed by atoms with van der Waals surface area (Å²) in [6, 6.07) is 10.8. The summed E-state index contributed by atoms with van der Waals surface area (Å²) in [5, 5.41) is 5.74. The first kappa shape index (κ1) is 19.9. The molecule has 144 valence electrons. The highest BCUT2D eigenvalue weighted by molar-refractivity contribution is 7.14. The average molecular weight is 417 g/mol. The summed E-state index contributed by atoms with van der Waals surface area (Å²) in [4.78, 5) is 27.6. The van der Waals surface area contributed by atoms with Crippen LogP contribution in [-0.4, -0.2) is 24.0 Å². The van der Waals surface area contributed by atoms with E-state index in [0.717, 1.165) is 11.3 Å². The Morgan fingerprint density at radius 1 is 1.25 bits per heavy atom. The fourth-order valence-corrected chi connectivity index (χ4v) is 3.18. The summed E-state index contributed by atoms with van der Waals surface area (Å²) in [5.41, 5.74) is 1.69. The number of ether oxygens (including phenoxy) is 1. The number of aromatic nitrogens is 1. The molecular formula is C20H17ClN2O4S. The molecule has 1 aromatic carbocycles. The fourth-order valence-electron chi connectivity index (χ4n) is 2.34. The molecule has 2 heterocycles. The van der Waals surface area contributed by atoms with Crippen LogP contribution in [0, 0.1) is 0 Å². The Morgan fingerprint density at radius 3 is 2.79 bits per heavy atom. The molecule has 0 bridgehead atoms. The molecule has 6 nitrogen and oxygen atoms in total. The lowest BCUT2D eigenvalue weighted by molar-refractivity contribution is -0.140. The highest BCUT2D eigenvalue weighted by Gasteiger charge is 2.08. The Kier molecular flexibility index (Phi) is 6.62. The minimum Gasteiger partial charge on any atom is -0.469 e. The number of esters is 1. The maximum absolute atomic E-state index is 12.1. The molecule has 0 atom stereocenters. The molecule has 0 aliphatic rings. The average Bonchev–Trinajstić information content (AvgIpc) is 3.34. The second-order valence-corrected chi connectivity index (χ2v) is 7.04. The van der Waals surface area contributed by atoms with Gasteiger partial charge in [0.05, 0.1) is 19.2 Å². The first-order valence-electron chi connectivity index (χ1n) is 8.39. The molecule has 1 N–H and O–H groups in total. The second kappa shape index (κ2) is 9.34. The largest absolute Gasteiger partial charge is 0.469 e. The molecule has 2 aromatic heterocycles. The lowest BCUT2D eigenvalue weighted by Crippen LogP contribution is -2.07. The van der Waals surface area contributed by atoms with Crippen LogP contribution in [0.4, 0.5) is 5.13 Å². The number of carbonyl (C=O) groups is 2. The SMILES string of the molecule is COC(=O)CCc1ccc(/C=C/C(=O)Nc2nc(-c3ccc(Cl)cc3)cs2)o1. The van der Waals surface area contributed by atoms with Crippen molar-refractivity contribution in [2.45, 2.75) is 12.8 Å². The van der Waals surface area contributed by atoms with E-state index in [-0.39, 0.29) is 18.3 Å². The third kappa shape index (κ3) is 5.55. The predicted octanol–water partition coefficient (Wildman–Crippen LogP) is 4.81. The molecule has 3 aromatic rings. The number of rotatable bonds is 7. The molecule has 28 heavy (non-hydrogen) atoms. The van der Waals surface area contributed by atoms with Crippen LogP contribution in [0.25, 0.3) is 17.3 Å². The maximum Gasteiger partial charge on any atom is 0.305 e. The summed E-state index contributed by atoms with van der Waals surface area (Å²) < 4.78 is 10.1. The molecule has 0 aliphatic heterocycles. The van der Waals surface area contributed by atoms with Crippen LogP contribution in [0.2, 0.25) is 5.02 Å². The van der Waals surface area contributed by atoms with Crippen molar-refractivity contribution in [3.63, 3.8) is 0 Å². The van der Waals surface area contributed by atoms with Crippen molar-refractivity contribution in [3.8, 4) is 11.3 Å². The lowest BCUT2D eigenvalue weighted by atomic mass is 10.2. The van der Waals surface area contributed by atoms with Crippen LogP contribution in [0.15, 0.2) is 52.3 Å². The Labute approximate surface area is 170 Å². The number of benzene rings is 1. The zero-order chi connectivity index (χ0) is 19.9. The van der Waals surface area contributed by atoms with Gasteiger partial charge in [-0.05, 0) is 30.3 Å². The van der Waals surface area contributed by atoms with E-state index in [2.05, 4.69) is 15.0 Å². The van der Waals surface area contributed by atoms with Gasteiger partial charge >= 0.3 is 5.97 Å². The molecule has 0 radical (unpaired) electrons. The lowest BCUT2D eigenvalue weighted by Gasteiger charge is -1.97. The summed E-state index contributed by atoms with van der Waals surface area (Å²) in [6.07, 6.45) is 3.62. The minimum absolute atomic E-state index is 0.244. The van der Waals surface area contributed by atoms with Gasteiger partial charge in [-0.15, -0.1) is 11.3 Å². The molecule has 0 fully saturated rings. The molecule has 0 saturated heterocycles. The molecule has 8 heteroatoms. The van der Waals surface area contributed by atoms with E-state index in [1.807, 2.05) is 17.5 Å². The Hall–Kier alpha value is -2.90. The van der Waals surface area contributed by atoms with E-state index in [9.17, 15) is 9.59 Å². The topological polar surface area (TPSA) is 81.4 Å². The van der Waals surface area contributed by atoms with Gasteiger partial charge < -0.3 is 9.15 Å². The number of methoxy groups -OCH3 is 1. The van der Waals surface area contributed by atoms with Crippen molar-refractivity contribution < 1.29 is 18.7 Å². The van der Waals surface area contributed by atoms with Crippen LogP contribution in [-0.2, 0) is 20.7 Å². The Morgan fingerprint density at radius 2 is 2.04 bits per heavy atom. The number of halogens is 1. The molecule has 0 unspecified atom stereocenters. The van der Waals surface area contributed by atoms with Crippen LogP contribution < -0.4 is 5.32 Å². The van der Waals surface area contributed by atoms with Gasteiger partial charge in [-0.2, -0.15) is 0 Å². The fraction of sp³-hybridized carbons (Fsp3) is 0.150. The van der Waals surface area contributed by atoms with Gasteiger partial charge in [0.25, 0.3) is 0 Å². The van der Waals surface area contributed by atoms with Crippen molar-refractivity contribution in [2.75, 3.05) is 12.4 Å². The number of nitrogens with zero attached hydrogens (tertiary/aromatic N) is 1.